The Labute approximate surface area is 80.6 Å². The predicted octanol–water partition coefficient (Wildman–Crippen LogP) is 3.17. The molecular formula is C10H19NO2. The van der Waals surface area contributed by atoms with Crippen LogP contribution in [-0.4, -0.2) is 6.61 Å². The average molecular weight is 185 g/mol. The van der Waals surface area contributed by atoms with Crippen molar-refractivity contribution in [3.63, 3.8) is 0 Å². The molecule has 0 N–H and O–H groups in total. The van der Waals surface area contributed by atoms with E-state index in [0.29, 0.717) is 6.61 Å². The number of nitriles is 1. The van der Waals surface area contributed by atoms with Gasteiger partial charge in [0.1, 0.15) is 0 Å². The molecule has 0 spiro atoms. The summed E-state index contributed by atoms with van der Waals surface area (Å²) >= 11 is 0. The molecule has 0 atom stereocenters. The van der Waals surface area contributed by atoms with E-state index < -0.39 is 0 Å². The van der Waals surface area contributed by atoms with E-state index in [-0.39, 0.29) is 0 Å². The van der Waals surface area contributed by atoms with Crippen LogP contribution in [0.4, 0.5) is 0 Å². The highest BCUT2D eigenvalue weighted by Crippen LogP contribution is 2.06. The van der Waals surface area contributed by atoms with Crippen LogP contribution in [0.3, 0.4) is 0 Å². The molecule has 0 aliphatic rings. The SMILES string of the molecule is CCCCCCCCCOOC#N. The molecule has 0 amide bonds. The molecule has 0 unspecified atom stereocenters. The highest BCUT2D eigenvalue weighted by molar-refractivity contribution is 4.44. The van der Waals surface area contributed by atoms with E-state index in [0.717, 1.165) is 6.42 Å². The summed E-state index contributed by atoms with van der Waals surface area (Å²) in [6.45, 7) is 2.74. The van der Waals surface area contributed by atoms with Crippen molar-refractivity contribution in [2.24, 2.45) is 0 Å². The lowest BCUT2D eigenvalue weighted by Gasteiger charge is -1.99. The summed E-state index contributed by atoms with van der Waals surface area (Å²) in [5, 5.41) is 7.97. The van der Waals surface area contributed by atoms with E-state index in [2.05, 4.69) is 16.7 Å². The van der Waals surface area contributed by atoms with E-state index in [9.17, 15) is 0 Å². The lowest BCUT2D eigenvalue weighted by atomic mass is 10.1. The standard InChI is InChI=1S/C10H19NO2/c1-2-3-4-5-6-7-8-9-12-13-10-11/h2-9H2,1H3. The molecule has 0 radical (unpaired) electrons. The van der Waals surface area contributed by atoms with Crippen LogP contribution in [0.25, 0.3) is 0 Å². The number of unbranched alkanes of at least 4 members (excludes halogenated alkanes) is 6. The van der Waals surface area contributed by atoms with Crippen molar-refractivity contribution in [2.75, 3.05) is 6.61 Å². The monoisotopic (exact) mass is 185 g/mol. The predicted molar refractivity (Wildman–Crippen MR) is 50.6 cm³/mol. The third-order valence-corrected chi connectivity index (χ3v) is 1.93. The topological polar surface area (TPSA) is 42.2 Å². The van der Waals surface area contributed by atoms with Gasteiger partial charge in [0.25, 0.3) is 0 Å². The Morgan fingerprint density at radius 3 is 2.23 bits per heavy atom. The van der Waals surface area contributed by atoms with Gasteiger partial charge in [0.05, 0.1) is 6.61 Å². The molecule has 0 aromatic carbocycles. The number of hydrogen-bond acceptors (Lipinski definition) is 3. The number of rotatable bonds is 9. The van der Waals surface area contributed by atoms with E-state index in [4.69, 9.17) is 5.26 Å². The van der Waals surface area contributed by atoms with Crippen LogP contribution >= 0.6 is 0 Å². The lowest BCUT2D eigenvalue weighted by Crippen LogP contribution is -1.92. The van der Waals surface area contributed by atoms with Gasteiger partial charge in [-0.3, -0.25) is 4.89 Å². The molecule has 0 heterocycles. The summed E-state index contributed by atoms with van der Waals surface area (Å²) in [6.07, 6.45) is 10.2. The molecule has 3 nitrogen and oxygen atoms in total. The molecule has 0 bridgehead atoms. The third kappa shape index (κ3) is 11.2. The van der Waals surface area contributed by atoms with E-state index in [1.54, 1.807) is 0 Å². The summed E-state index contributed by atoms with van der Waals surface area (Å²) in [4.78, 5) is 8.63. The second-order valence-electron chi connectivity index (χ2n) is 3.12. The maximum atomic E-state index is 7.97. The number of nitrogens with zero attached hydrogens (tertiary/aromatic N) is 1. The third-order valence-electron chi connectivity index (χ3n) is 1.93. The smallest absolute Gasteiger partial charge is 0.254 e. The quantitative estimate of drug-likeness (QED) is 0.240. The highest BCUT2D eigenvalue weighted by atomic mass is 17.2. The normalized spacial score (nSPS) is 9.54. The second kappa shape index (κ2) is 11.2. The van der Waals surface area contributed by atoms with Crippen molar-refractivity contribution in [1.82, 2.24) is 0 Å². The average Bonchev–Trinajstić information content (AvgIpc) is 2.16. The van der Waals surface area contributed by atoms with Crippen molar-refractivity contribution in [3.8, 4) is 6.26 Å². The van der Waals surface area contributed by atoms with Crippen molar-refractivity contribution in [3.05, 3.63) is 0 Å². The van der Waals surface area contributed by atoms with Crippen LogP contribution in [0.15, 0.2) is 0 Å². The maximum absolute atomic E-state index is 7.97. The zero-order valence-corrected chi connectivity index (χ0v) is 8.42. The Bertz CT molecular complexity index is 131. The first-order chi connectivity index (χ1) is 6.41. The van der Waals surface area contributed by atoms with E-state index in [1.165, 1.54) is 44.8 Å². The molecule has 0 fully saturated rings. The molecule has 0 aromatic rings. The Balaban J connectivity index is 2.80. The van der Waals surface area contributed by atoms with Crippen LogP contribution in [0.5, 0.6) is 0 Å². The Hall–Kier alpha value is -0.750. The Kier molecular flexibility index (Phi) is 10.6. The second-order valence-corrected chi connectivity index (χ2v) is 3.12. The summed E-state index contributed by atoms with van der Waals surface area (Å²) in [7, 11) is 0. The minimum atomic E-state index is 0.529. The van der Waals surface area contributed by atoms with Crippen LogP contribution in [0, 0.1) is 11.5 Å². The molecule has 0 rings (SSSR count). The first kappa shape index (κ1) is 12.2. The molecule has 3 heteroatoms. The van der Waals surface area contributed by atoms with Gasteiger partial charge in [0.2, 0.25) is 0 Å². The van der Waals surface area contributed by atoms with Crippen molar-refractivity contribution in [1.29, 1.82) is 5.26 Å². The Morgan fingerprint density at radius 2 is 1.62 bits per heavy atom. The minimum absolute atomic E-state index is 0.529. The maximum Gasteiger partial charge on any atom is 0.324 e. The molecular weight excluding hydrogens is 166 g/mol. The van der Waals surface area contributed by atoms with E-state index in [1.807, 2.05) is 0 Å². The van der Waals surface area contributed by atoms with Gasteiger partial charge in [-0.15, -0.1) is 5.26 Å². The van der Waals surface area contributed by atoms with Crippen LogP contribution < -0.4 is 0 Å². The van der Waals surface area contributed by atoms with Gasteiger partial charge in [-0.2, -0.15) is 4.89 Å². The van der Waals surface area contributed by atoms with Crippen LogP contribution in [0.1, 0.15) is 51.9 Å². The van der Waals surface area contributed by atoms with Gasteiger partial charge in [-0.05, 0) is 6.42 Å². The zero-order chi connectivity index (χ0) is 9.78. The van der Waals surface area contributed by atoms with E-state index >= 15 is 0 Å². The first-order valence-corrected chi connectivity index (χ1v) is 5.09. The molecule has 0 saturated carbocycles. The Morgan fingerprint density at radius 1 is 1.00 bits per heavy atom. The molecule has 76 valence electrons. The minimum Gasteiger partial charge on any atom is -0.254 e. The van der Waals surface area contributed by atoms with Gasteiger partial charge in [0, 0.05) is 0 Å². The van der Waals surface area contributed by atoms with Crippen molar-refractivity contribution in [2.45, 2.75) is 51.9 Å². The fraction of sp³-hybridized carbons (Fsp3) is 0.900. The highest BCUT2D eigenvalue weighted by Gasteiger charge is 1.91. The summed E-state index contributed by atoms with van der Waals surface area (Å²) in [6, 6.07) is 0. The van der Waals surface area contributed by atoms with Crippen molar-refractivity contribution >= 4 is 0 Å². The van der Waals surface area contributed by atoms with Gasteiger partial charge in [0.15, 0.2) is 0 Å². The van der Waals surface area contributed by atoms with Crippen LogP contribution in [0.2, 0.25) is 0 Å². The van der Waals surface area contributed by atoms with Gasteiger partial charge in [-0.1, -0.05) is 45.4 Å². The largest absolute Gasteiger partial charge is 0.324 e. The van der Waals surface area contributed by atoms with Crippen molar-refractivity contribution < 1.29 is 9.78 Å². The first-order valence-electron chi connectivity index (χ1n) is 5.09. The summed E-state index contributed by atoms with van der Waals surface area (Å²) < 4.78 is 0. The molecule has 0 saturated heterocycles. The molecule has 0 aliphatic carbocycles. The van der Waals surface area contributed by atoms with Gasteiger partial charge >= 0.3 is 6.26 Å². The van der Waals surface area contributed by atoms with Gasteiger partial charge in [-0.25, -0.2) is 0 Å². The summed E-state index contributed by atoms with van der Waals surface area (Å²) in [5.41, 5.74) is 0. The molecule has 0 aromatic heterocycles. The number of hydrogen-bond donors (Lipinski definition) is 0. The van der Waals surface area contributed by atoms with Crippen LogP contribution in [-0.2, 0) is 9.78 Å². The fourth-order valence-electron chi connectivity index (χ4n) is 1.19. The zero-order valence-electron chi connectivity index (χ0n) is 8.42. The fourth-order valence-corrected chi connectivity index (χ4v) is 1.19. The summed E-state index contributed by atoms with van der Waals surface area (Å²) in [5.74, 6) is 0. The molecule has 0 aliphatic heterocycles. The van der Waals surface area contributed by atoms with Gasteiger partial charge < -0.3 is 0 Å². The molecule has 13 heavy (non-hydrogen) atoms. The lowest BCUT2D eigenvalue weighted by molar-refractivity contribution is -0.239.